The molecule has 0 radical (unpaired) electrons. The summed E-state index contributed by atoms with van der Waals surface area (Å²) >= 11 is 0. The lowest BCUT2D eigenvalue weighted by Gasteiger charge is -2.25. The number of hydrogen-bond acceptors (Lipinski definition) is 4. The first kappa shape index (κ1) is 21.0. The molecule has 0 aliphatic carbocycles. The van der Waals surface area contributed by atoms with Gasteiger partial charge in [0.25, 0.3) is 0 Å². The van der Waals surface area contributed by atoms with Crippen LogP contribution in [0.1, 0.15) is 44.4 Å². The number of hydrogen-bond donors (Lipinski definition) is 0. The summed E-state index contributed by atoms with van der Waals surface area (Å²) in [4.78, 5) is 14.2. The van der Waals surface area contributed by atoms with E-state index < -0.39 is 12.2 Å². The Morgan fingerprint density at radius 2 is 1.90 bits per heavy atom. The van der Waals surface area contributed by atoms with E-state index in [9.17, 15) is 9.18 Å². The zero-order valence-corrected chi connectivity index (χ0v) is 17.2. The average molecular weight is 401 g/mol. The summed E-state index contributed by atoms with van der Waals surface area (Å²) < 4.78 is 31.0. The summed E-state index contributed by atoms with van der Waals surface area (Å²) in [6.45, 7) is 7.36. The van der Waals surface area contributed by atoms with E-state index in [4.69, 9.17) is 14.2 Å². The number of carbonyl (C=O) groups is 1. The molecule has 156 valence electrons. The van der Waals surface area contributed by atoms with Crippen LogP contribution in [0.15, 0.2) is 42.5 Å². The molecule has 2 aromatic carbocycles. The van der Waals surface area contributed by atoms with Crippen molar-refractivity contribution in [3.05, 3.63) is 59.4 Å². The Morgan fingerprint density at radius 3 is 2.59 bits per heavy atom. The van der Waals surface area contributed by atoms with Crippen molar-refractivity contribution in [2.75, 3.05) is 19.8 Å². The molecule has 6 heteroatoms. The predicted octanol–water partition coefficient (Wildman–Crippen LogP) is 5.14. The van der Waals surface area contributed by atoms with Crippen LogP contribution in [0.25, 0.3) is 0 Å². The third-order valence-electron chi connectivity index (χ3n) is 5.11. The Labute approximate surface area is 171 Å². The lowest BCUT2D eigenvalue weighted by molar-refractivity contribution is 0.126. The van der Waals surface area contributed by atoms with Crippen molar-refractivity contribution in [2.45, 2.75) is 45.8 Å². The number of ether oxygens (including phenoxy) is 3. The number of halogens is 1. The van der Waals surface area contributed by atoms with Gasteiger partial charge in [0.1, 0.15) is 23.4 Å². The van der Waals surface area contributed by atoms with Gasteiger partial charge in [-0.1, -0.05) is 31.2 Å². The van der Waals surface area contributed by atoms with E-state index in [1.807, 2.05) is 39.0 Å². The van der Waals surface area contributed by atoms with Gasteiger partial charge in [-0.2, -0.15) is 0 Å². The highest BCUT2D eigenvalue weighted by Crippen LogP contribution is 2.32. The Morgan fingerprint density at radius 1 is 1.14 bits per heavy atom. The largest absolute Gasteiger partial charge is 0.494 e. The fraction of sp³-hybridized carbons (Fsp3) is 0.435. The van der Waals surface area contributed by atoms with Crippen molar-refractivity contribution in [1.29, 1.82) is 0 Å². The number of cyclic esters (lactones) is 1. The lowest BCUT2D eigenvalue weighted by Crippen LogP contribution is -2.37. The number of benzene rings is 2. The molecular weight excluding hydrogens is 373 g/mol. The van der Waals surface area contributed by atoms with Gasteiger partial charge in [0.2, 0.25) is 0 Å². The zero-order valence-electron chi connectivity index (χ0n) is 17.2. The van der Waals surface area contributed by atoms with Crippen LogP contribution >= 0.6 is 0 Å². The van der Waals surface area contributed by atoms with Gasteiger partial charge in [0.15, 0.2) is 0 Å². The fourth-order valence-electron chi connectivity index (χ4n) is 3.65. The lowest BCUT2D eigenvalue weighted by atomic mass is 10.0. The van der Waals surface area contributed by atoms with Crippen LogP contribution in [0, 0.1) is 5.82 Å². The highest BCUT2D eigenvalue weighted by atomic mass is 19.1. The second-order valence-electron chi connectivity index (χ2n) is 6.95. The molecule has 1 amide bonds. The number of nitrogens with zero attached hydrogens (tertiary/aromatic N) is 1. The maximum absolute atomic E-state index is 14.1. The molecule has 1 aliphatic heterocycles. The topological polar surface area (TPSA) is 48.0 Å². The van der Waals surface area contributed by atoms with Crippen molar-refractivity contribution < 1.29 is 23.4 Å². The Hall–Kier alpha value is -2.76. The molecule has 0 bridgehead atoms. The van der Waals surface area contributed by atoms with Gasteiger partial charge >= 0.3 is 6.09 Å². The van der Waals surface area contributed by atoms with E-state index in [1.54, 1.807) is 23.1 Å². The summed E-state index contributed by atoms with van der Waals surface area (Å²) in [5.74, 6) is 1.16. The van der Waals surface area contributed by atoms with Crippen LogP contribution in [0.3, 0.4) is 0 Å². The van der Waals surface area contributed by atoms with E-state index in [2.05, 4.69) is 0 Å². The monoisotopic (exact) mass is 401 g/mol. The summed E-state index contributed by atoms with van der Waals surface area (Å²) in [6.07, 6.45) is 0.369. The smallest absolute Gasteiger partial charge is 0.410 e. The maximum atomic E-state index is 14.1. The molecule has 0 spiro atoms. The Bertz CT molecular complexity index is 841. The average Bonchev–Trinajstić information content (AvgIpc) is 3.09. The first-order chi connectivity index (χ1) is 14.1. The molecule has 2 aromatic rings. The van der Waals surface area contributed by atoms with Crippen LogP contribution in [0.5, 0.6) is 11.5 Å². The molecule has 0 N–H and O–H groups in total. The molecular formula is C23H28FNO4. The third kappa shape index (κ3) is 4.81. The van der Waals surface area contributed by atoms with E-state index in [1.165, 1.54) is 6.07 Å². The van der Waals surface area contributed by atoms with Gasteiger partial charge in [-0.25, -0.2) is 9.18 Å². The molecule has 1 aliphatic rings. The van der Waals surface area contributed by atoms with Crippen molar-refractivity contribution >= 4 is 6.09 Å². The summed E-state index contributed by atoms with van der Waals surface area (Å²) in [7, 11) is 0. The molecule has 0 aromatic heterocycles. The standard InChI is InChI=1S/C23H28FNO4/c1-4-17(13-16-11-12-18(27-5-2)14-21(16)28-6-3)25-15-22(29-23(25)26)19-9-7-8-10-20(19)24/h7-12,14,17,22H,4-6,13,15H2,1-3H3/t17-,22+/m1/s1. The van der Waals surface area contributed by atoms with Crippen molar-refractivity contribution in [3.8, 4) is 11.5 Å². The SMILES string of the molecule is CCOc1ccc(C[C@@H](CC)N2C[C@@H](c3ccccc3F)OC2=O)c(OCC)c1. The third-order valence-corrected chi connectivity index (χ3v) is 5.11. The summed E-state index contributed by atoms with van der Waals surface area (Å²) in [5.41, 5.74) is 1.42. The first-order valence-electron chi connectivity index (χ1n) is 10.2. The number of rotatable bonds is 9. The van der Waals surface area contributed by atoms with Crippen LogP contribution < -0.4 is 9.47 Å². The van der Waals surface area contributed by atoms with E-state index in [0.29, 0.717) is 31.7 Å². The fourth-order valence-corrected chi connectivity index (χ4v) is 3.65. The summed E-state index contributed by atoms with van der Waals surface area (Å²) in [5, 5.41) is 0. The van der Waals surface area contributed by atoms with E-state index >= 15 is 0 Å². The minimum Gasteiger partial charge on any atom is -0.494 e. The van der Waals surface area contributed by atoms with Gasteiger partial charge in [-0.05, 0) is 44.4 Å². The molecule has 0 unspecified atom stereocenters. The zero-order chi connectivity index (χ0) is 20.8. The van der Waals surface area contributed by atoms with E-state index in [0.717, 1.165) is 23.5 Å². The minimum atomic E-state index is -0.593. The van der Waals surface area contributed by atoms with Crippen LogP contribution in [-0.4, -0.2) is 36.8 Å². The van der Waals surface area contributed by atoms with Gasteiger partial charge < -0.3 is 19.1 Å². The van der Waals surface area contributed by atoms with E-state index in [-0.39, 0.29) is 11.9 Å². The van der Waals surface area contributed by atoms with Crippen molar-refractivity contribution in [3.63, 3.8) is 0 Å². The summed E-state index contributed by atoms with van der Waals surface area (Å²) in [6, 6.07) is 12.1. The van der Waals surface area contributed by atoms with Gasteiger partial charge in [0.05, 0.1) is 19.8 Å². The first-order valence-corrected chi connectivity index (χ1v) is 10.2. The molecule has 1 fully saturated rings. The maximum Gasteiger partial charge on any atom is 0.410 e. The quantitative estimate of drug-likeness (QED) is 0.584. The molecule has 5 nitrogen and oxygen atoms in total. The normalized spacial score (nSPS) is 17.2. The molecule has 1 heterocycles. The van der Waals surface area contributed by atoms with Crippen LogP contribution in [0.4, 0.5) is 9.18 Å². The highest BCUT2D eigenvalue weighted by molar-refractivity contribution is 5.70. The van der Waals surface area contributed by atoms with Crippen molar-refractivity contribution in [1.82, 2.24) is 4.90 Å². The van der Waals surface area contributed by atoms with Gasteiger partial charge in [0, 0.05) is 17.7 Å². The molecule has 29 heavy (non-hydrogen) atoms. The molecule has 3 rings (SSSR count). The Kier molecular flexibility index (Phi) is 6.96. The molecule has 0 saturated carbocycles. The van der Waals surface area contributed by atoms with Crippen LogP contribution in [-0.2, 0) is 11.2 Å². The van der Waals surface area contributed by atoms with Gasteiger partial charge in [-0.15, -0.1) is 0 Å². The molecule has 2 atom stereocenters. The van der Waals surface area contributed by atoms with Crippen LogP contribution in [0.2, 0.25) is 0 Å². The number of carbonyl (C=O) groups excluding carboxylic acids is 1. The second-order valence-corrected chi connectivity index (χ2v) is 6.95. The van der Waals surface area contributed by atoms with Crippen molar-refractivity contribution in [2.24, 2.45) is 0 Å². The highest BCUT2D eigenvalue weighted by Gasteiger charge is 2.37. The van der Waals surface area contributed by atoms with Gasteiger partial charge in [-0.3, -0.25) is 0 Å². The Balaban J connectivity index is 1.78. The predicted molar refractivity (Wildman–Crippen MR) is 109 cm³/mol. The number of amides is 1. The second kappa shape index (κ2) is 9.63. The minimum absolute atomic E-state index is 0.0728. The molecule has 1 saturated heterocycles.